The van der Waals surface area contributed by atoms with Gasteiger partial charge in [-0.25, -0.2) is 28.0 Å². The van der Waals surface area contributed by atoms with Crippen LogP contribution in [0.3, 0.4) is 0 Å². The predicted octanol–water partition coefficient (Wildman–Crippen LogP) is 13.1. The van der Waals surface area contributed by atoms with Crippen molar-refractivity contribution in [2.75, 3.05) is 0 Å². The SMILES string of the molecule is C.CC(O)CCC(CCC(O)S(=O)(=O)[O-])[N+](=O)[O-].CC1CCC=C(/C=C/C(=O)O[C@H](C)/C=C\C2=Nc3ccccc3C2)C1.CC1CCC=C(/C=C/C(=O)O[C@H](C)C#CC2=Nc3ccccc3C2)C1.C[C@@H](O)/C=C\C1=Nc2ccccc2C1.C[C@@H](O)C#CC1=Nc2ccccc2C1.O=CC1=CCCC([N+](=O)[O-])C1.O=CO/C=C/C1=CCCC([N+](=O)[O-])C1.[Na+]. The van der Waals surface area contributed by atoms with Crippen molar-refractivity contribution < 1.29 is 111 Å². The monoisotopic (exact) mass is 1700 g/mol. The number of carbonyl (C=O) groups is 4. The maximum absolute atomic E-state index is 12.0. The summed E-state index contributed by atoms with van der Waals surface area (Å²) < 4.78 is 46.2. The molecular formula is C93H112N7NaO20S. The molecule has 7 unspecified atom stereocenters. The number of aliphatic hydroxyl groups excluding tert-OH is 4. The van der Waals surface area contributed by atoms with Gasteiger partial charge in [-0.15, -0.1) is 0 Å². The number of allylic oxidation sites excluding steroid dienone is 11. The molecular weight excluding hydrogens is 1590 g/mol. The fourth-order valence-corrected chi connectivity index (χ4v) is 13.5. The van der Waals surface area contributed by atoms with Gasteiger partial charge in [0.15, 0.2) is 6.10 Å². The smallest absolute Gasteiger partial charge is 0.746 e. The molecule has 4 aliphatic heterocycles. The molecule has 4 aliphatic carbocycles. The van der Waals surface area contributed by atoms with Crippen LogP contribution in [0, 0.1) is 65.9 Å². The Morgan fingerprint density at radius 2 is 0.943 bits per heavy atom. The fourth-order valence-electron chi connectivity index (χ4n) is 13.1. The minimum atomic E-state index is -4.82. The summed E-state index contributed by atoms with van der Waals surface area (Å²) in [7, 11) is -4.82. The number of para-hydroxylation sites is 4. The number of rotatable bonds is 24. The second-order valence-electron chi connectivity index (χ2n) is 30.0. The Labute approximate surface area is 737 Å². The van der Waals surface area contributed by atoms with Crippen LogP contribution < -0.4 is 29.6 Å². The molecule has 4 aromatic carbocycles. The minimum absolute atomic E-state index is 0. The van der Waals surface area contributed by atoms with E-state index in [1.807, 2.05) is 116 Å². The molecule has 4 heterocycles. The van der Waals surface area contributed by atoms with Crippen molar-refractivity contribution in [2.24, 2.45) is 31.8 Å². The number of benzene rings is 4. The number of hydrogen-bond donors (Lipinski definition) is 4. The van der Waals surface area contributed by atoms with Gasteiger partial charge in [-0.3, -0.25) is 49.9 Å². The zero-order valence-electron chi connectivity index (χ0n) is 69.8. The first-order valence-electron chi connectivity index (χ1n) is 40.2. The molecule has 0 spiro atoms. The van der Waals surface area contributed by atoms with Crippen LogP contribution in [0.5, 0.6) is 0 Å². The summed E-state index contributed by atoms with van der Waals surface area (Å²) in [4.78, 5) is 92.0. The van der Waals surface area contributed by atoms with Crippen molar-refractivity contribution in [1.29, 1.82) is 0 Å². The molecule has 0 amide bonds. The number of fused-ring (bicyclic) bond motifs is 4. The molecule has 0 radical (unpaired) electrons. The minimum Gasteiger partial charge on any atom is -0.746 e. The van der Waals surface area contributed by atoms with Crippen LogP contribution in [0.15, 0.2) is 225 Å². The van der Waals surface area contributed by atoms with Gasteiger partial charge in [-0.1, -0.05) is 160 Å². The normalized spacial score (nSPS) is 19.2. The van der Waals surface area contributed by atoms with Crippen LogP contribution in [0.25, 0.3) is 0 Å². The largest absolute Gasteiger partial charge is 1.00 e. The van der Waals surface area contributed by atoms with Gasteiger partial charge in [0.25, 0.3) is 6.47 Å². The predicted molar refractivity (Wildman–Crippen MR) is 469 cm³/mol. The summed E-state index contributed by atoms with van der Waals surface area (Å²) in [5.41, 5.74) is 14.4. The summed E-state index contributed by atoms with van der Waals surface area (Å²) >= 11 is 0. The van der Waals surface area contributed by atoms with Gasteiger partial charge < -0.3 is 39.2 Å². The number of ether oxygens (including phenoxy) is 3. The van der Waals surface area contributed by atoms with E-state index in [1.54, 1.807) is 39.0 Å². The number of nitro groups is 3. The first kappa shape index (κ1) is 104. The maximum atomic E-state index is 12.0. The molecule has 646 valence electrons. The second kappa shape index (κ2) is 55.4. The Morgan fingerprint density at radius 1 is 0.533 bits per heavy atom. The second-order valence-corrected chi connectivity index (χ2v) is 31.5. The molecule has 0 saturated heterocycles. The Morgan fingerprint density at radius 3 is 1.35 bits per heavy atom. The van der Waals surface area contributed by atoms with E-state index in [9.17, 15) is 62.5 Å². The molecule has 0 bridgehead atoms. The van der Waals surface area contributed by atoms with E-state index in [-0.39, 0.29) is 84.1 Å². The van der Waals surface area contributed by atoms with Crippen LogP contribution in [-0.2, 0) is 69.2 Å². The van der Waals surface area contributed by atoms with Gasteiger partial charge in [0.05, 0.1) is 52.6 Å². The summed E-state index contributed by atoms with van der Waals surface area (Å²) in [6.07, 6.45) is 36.2. The maximum Gasteiger partial charge on any atom is 1.00 e. The van der Waals surface area contributed by atoms with Crippen molar-refractivity contribution in [3.63, 3.8) is 0 Å². The van der Waals surface area contributed by atoms with Crippen LogP contribution in [0.1, 0.15) is 181 Å². The molecule has 0 aromatic heterocycles. The molecule has 0 saturated carbocycles. The first-order valence-corrected chi connectivity index (χ1v) is 41.6. The summed E-state index contributed by atoms with van der Waals surface area (Å²) in [6, 6.07) is 30.1. The fraction of sp³-hybridized carbons (Fsp3) is 0.419. The Balaban J connectivity index is 0.000000304. The van der Waals surface area contributed by atoms with E-state index in [0.29, 0.717) is 68.7 Å². The molecule has 4 aromatic rings. The Bertz CT molecular complexity index is 4870. The molecule has 4 N–H and O–H groups in total. The number of carbonyl (C=O) groups excluding carboxylic acids is 4. The number of aliphatic imine (C=N–C) groups is 4. The average molecular weight is 1700 g/mol. The summed E-state index contributed by atoms with van der Waals surface area (Å²) in [6.45, 7) is 13.3. The van der Waals surface area contributed by atoms with Crippen LogP contribution in [0.2, 0.25) is 0 Å². The average Bonchev–Trinajstić information content (AvgIpc) is 1.72. The summed E-state index contributed by atoms with van der Waals surface area (Å²) in [5, 5.41) is 67.3. The summed E-state index contributed by atoms with van der Waals surface area (Å²) in [5.74, 6) is 12.3. The van der Waals surface area contributed by atoms with Gasteiger partial charge in [0, 0.05) is 103 Å². The van der Waals surface area contributed by atoms with Crippen molar-refractivity contribution in [3.05, 3.63) is 257 Å². The van der Waals surface area contributed by atoms with E-state index >= 15 is 0 Å². The van der Waals surface area contributed by atoms with Crippen LogP contribution in [0.4, 0.5) is 22.7 Å². The quantitative estimate of drug-likeness (QED) is 0.00483. The van der Waals surface area contributed by atoms with Gasteiger partial charge in [0.2, 0.25) is 18.1 Å². The third-order valence-electron chi connectivity index (χ3n) is 19.4. The van der Waals surface area contributed by atoms with Gasteiger partial charge in [-0.05, 0) is 204 Å². The van der Waals surface area contributed by atoms with Crippen LogP contribution in [-0.4, -0.2) is 150 Å². The molecule has 8 aliphatic rings. The van der Waals surface area contributed by atoms with E-state index in [4.69, 9.17) is 29.9 Å². The van der Waals surface area contributed by atoms with Crippen molar-refractivity contribution in [2.45, 2.75) is 238 Å². The molecule has 0 fully saturated rings. The third-order valence-corrected chi connectivity index (χ3v) is 20.3. The van der Waals surface area contributed by atoms with Gasteiger partial charge in [-0.2, -0.15) is 0 Å². The van der Waals surface area contributed by atoms with Crippen LogP contribution >= 0.6 is 0 Å². The number of aliphatic hydroxyl groups is 4. The topological polar surface area (TPSA) is 413 Å². The Hall–Kier alpha value is -10.6. The molecule has 27 nitrogen and oxygen atoms in total. The van der Waals surface area contributed by atoms with E-state index in [0.717, 1.165) is 103 Å². The van der Waals surface area contributed by atoms with E-state index in [2.05, 4.69) is 98.7 Å². The van der Waals surface area contributed by atoms with Crippen molar-refractivity contribution in [3.8, 4) is 23.7 Å². The van der Waals surface area contributed by atoms with E-state index < -0.39 is 69.4 Å². The molecule has 12 rings (SSSR count). The number of aldehydes is 1. The molecule has 122 heavy (non-hydrogen) atoms. The third kappa shape index (κ3) is 40.4. The molecule has 11 atom stereocenters. The molecule has 29 heteroatoms. The van der Waals surface area contributed by atoms with Gasteiger partial charge >= 0.3 is 41.5 Å². The van der Waals surface area contributed by atoms with Crippen molar-refractivity contribution >= 4 is 80.4 Å². The number of nitrogens with zero attached hydrogens (tertiary/aromatic N) is 7. The Kier molecular flexibility index (Phi) is 47.1. The number of esters is 2. The van der Waals surface area contributed by atoms with E-state index in [1.165, 1.54) is 71.6 Å². The zero-order chi connectivity index (χ0) is 87.5. The van der Waals surface area contributed by atoms with Crippen molar-refractivity contribution in [1.82, 2.24) is 0 Å². The standard InChI is InChI=1S/C22H25NO2.C22H23NO2.C12H13NO.C12H11NO.C9H11NO4.C8H17NO7S.C7H9NO3.CH4.Na/c2*1-16-6-5-7-18(14-16)11-13-22(24)25-17(2)10-12-20-15-19-8-3-4-9-21(19)23-20;2*1-9(14)6-7-11-8-10-4-2-3-5-12(10)13-11;11-7-14-5-4-8-2-1-3-9(6-8)10(12)13;1-6(10)2-3-7(9(12)13)4-5-8(11)17(14,15)16;9-5-6-2-1-3-7(4-6)8(10)11;;/h3-4,7-13,16-17H,5-6,14-15H2,1-2H3;3-4,7-9,11,13,16-17H,5-6,14-15H2,1-2H3;2-7,9,14H,8H2,1H3;2-5,9,14H,8H2,1H3;2,4-5,7,9H,1,3,6H2;6-8,10-11H,2-5H2,1H3,(H,14,15,16);2,5,7H,1,3-4H2;1H4;/q;;;;;;;;+1/p-1/b12-10-,13-11+;13-11+;7-6-;;5-4+;;;;/t2*16?,17-;2*9-;;;;;/m1111...../s1. The first-order chi connectivity index (χ1) is 57.3. The number of hydrogen-bond acceptors (Lipinski definition) is 24. The van der Waals surface area contributed by atoms with Gasteiger partial charge in [0.1, 0.15) is 34.0 Å². The zero-order valence-corrected chi connectivity index (χ0v) is 72.6.